The lowest BCUT2D eigenvalue weighted by molar-refractivity contribution is 0.115. The van der Waals surface area contributed by atoms with Crippen LogP contribution in [-0.2, 0) is 6.54 Å². The van der Waals surface area contributed by atoms with Gasteiger partial charge in [0.2, 0.25) is 11.8 Å². The molecule has 1 aromatic heterocycles. The number of benzene rings is 1. The highest BCUT2D eigenvalue weighted by molar-refractivity contribution is 6.30. The van der Waals surface area contributed by atoms with Gasteiger partial charge in [0.15, 0.2) is 0 Å². The Morgan fingerprint density at radius 1 is 1.11 bits per heavy atom. The van der Waals surface area contributed by atoms with Crippen LogP contribution >= 0.6 is 11.6 Å². The molecule has 0 aliphatic carbocycles. The molecule has 1 fully saturated rings. The number of pyridine rings is 1. The molecule has 1 saturated heterocycles. The summed E-state index contributed by atoms with van der Waals surface area (Å²) < 4.78 is 16.7. The summed E-state index contributed by atoms with van der Waals surface area (Å²) in [7, 11) is 5.32. The van der Waals surface area contributed by atoms with Crippen molar-refractivity contribution in [1.82, 2.24) is 9.88 Å². The van der Waals surface area contributed by atoms with Gasteiger partial charge in [-0.05, 0) is 43.7 Å². The lowest BCUT2D eigenvalue weighted by atomic mass is 10.1. The molecule has 0 atom stereocenters. The third kappa shape index (κ3) is 5.40. The molecule has 1 aromatic carbocycles. The van der Waals surface area contributed by atoms with E-state index in [1.54, 1.807) is 14.2 Å². The van der Waals surface area contributed by atoms with Crippen molar-refractivity contribution in [2.75, 3.05) is 39.7 Å². The predicted octanol–water partition coefficient (Wildman–Crippen LogP) is 3.84. The molecule has 0 bridgehead atoms. The lowest BCUT2D eigenvalue weighted by Crippen LogP contribution is -2.35. The second kappa shape index (κ2) is 9.15. The van der Waals surface area contributed by atoms with Crippen molar-refractivity contribution in [3.8, 4) is 17.5 Å². The summed E-state index contributed by atoms with van der Waals surface area (Å²) in [6, 6.07) is 9.42. The van der Waals surface area contributed by atoms with Crippen LogP contribution in [-0.4, -0.2) is 50.3 Å². The third-order valence-corrected chi connectivity index (χ3v) is 4.88. The summed E-state index contributed by atoms with van der Waals surface area (Å²) in [4.78, 5) is 6.54. The van der Waals surface area contributed by atoms with Crippen LogP contribution in [0.1, 0.15) is 18.4 Å². The molecule has 146 valence electrons. The molecule has 2 aromatic rings. The molecule has 7 heteroatoms. The maximum atomic E-state index is 6.26. The molecule has 0 spiro atoms. The maximum Gasteiger partial charge on any atom is 0.216 e. The van der Waals surface area contributed by atoms with E-state index in [0.717, 1.165) is 42.9 Å². The van der Waals surface area contributed by atoms with Gasteiger partial charge in [-0.3, -0.25) is 0 Å². The normalized spacial score (nSPS) is 15.4. The van der Waals surface area contributed by atoms with Crippen LogP contribution in [0, 0.1) is 0 Å². The third-order valence-electron chi connectivity index (χ3n) is 4.64. The Kier molecular flexibility index (Phi) is 6.63. The highest BCUT2D eigenvalue weighted by Crippen LogP contribution is 2.31. The highest BCUT2D eigenvalue weighted by Gasteiger charge is 2.19. The first kappa shape index (κ1) is 19.6. The first-order chi connectivity index (χ1) is 13.1. The van der Waals surface area contributed by atoms with Crippen LogP contribution < -0.4 is 19.5 Å². The van der Waals surface area contributed by atoms with Gasteiger partial charge in [-0.2, -0.15) is 4.98 Å². The van der Waals surface area contributed by atoms with Crippen LogP contribution in [0.25, 0.3) is 0 Å². The van der Waals surface area contributed by atoms with Crippen molar-refractivity contribution >= 4 is 17.3 Å². The van der Waals surface area contributed by atoms with Crippen molar-refractivity contribution in [2.45, 2.75) is 25.5 Å². The Balaban J connectivity index is 1.71. The molecular formula is C20H26ClN3O3. The SMILES string of the molecule is COc1cc(CNc2cc(Cl)ccc2OC2CCN(C)CC2)cc(OC)n1. The summed E-state index contributed by atoms with van der Waals surface area (Å²) in [6.07, 6.45) is 2.28. The number of methoxy groups -OCH3 is 2. The molecule has 0 saturated carbocycles. The Bertz CT molecular complexity index is 742. The van der Waals surface area contributed by atoms with Gasteiger partial charge in [-0.25, -0.2) is 0 Å². The molecule has 1 aliphatic heterocycles. The Hall–Kier alpha value is -2.18. The van der Waals surface area contributed by atoms with E-state index in [4.69, 9.17) is 25.8 Å². The van der Waals surface area contributed by atoms with Gasteiger partial charge in [0.25, 0.3) is 0 Å². The standard InChI is InChI=1S/C20H26ClN3O3/c1-24-8-6-16(7-9-24)27-18-5-4-15(21)12-17(18)22-13-14-10-19(25-2)23-20(11-14)26-3/h4-5,10-12,16,22H,6-9,13H2,1-3H3. The van der Waals surface area contributed by atoms with E-state index in [9.17, 15) is 0 Å². The average molecular weight is 392 g/mol. The minimum absolute atomic E-state index is 0.226. The van der Waals surface area contributed by atoms with E-state index in [0.29, 0.717) is 23.3 Å². The molecule has 0 amide bonds. The zero-order valence-electron chi connectivity index (χ0n) is 16.0. The summed E-state index contributed by atoms with van der Waals surface area (Å²) in [5, 5.41) is 4.08. The molecular weight excluding hydrogens is 366 g/mol. The fourth-order valence-corrected chi connectivity index (χ4v) is 3.24. The summed E-state index contributed by atoms with van der Waals surface area (Å²) in [5.41, 5.74) is 1.86. The molecule has 1 N–H and O–H groups in total. The van der Waals surface area contributed by atoms with Crippen molar-refractivity contribution in [1.29, 1.82) is 0 Å². The van der Waals surface area contributed by atoms with Gasteiger partial charge in [0, 0.05) is 36.8 Å². The second-order valence-electron chi connectivity index (χ2n) is 6.67. The lowest BCUT2D eigenvalue weighted by Gasteiger charge is -2.30. The largest absolute Gasteiger partial charge is 0.488 e. The van der Waals surface area contributed by atoms with E-state index in [1.807, 2.05) is 30.3 Å². The molecule has 1 aliphatic rings. The fourth-order valence-electron chi connectivity index (χ4n) is 3.07. The van der Waals surface area contributed by atoms with Crippen molar-refractivity contribution in [2.24, 2.45) is 0 Å². The number of piperidine rings is 1. The number of rotatable bonds is 7. The average Bonchev–Trinajstić information content (AvgIpc) is 2.69. The molecule has 0 unspecified atom stereocenters. The fraction of sp³-hybridized carbons (Fsp3) is 0.450. The zero-order valence-corrected chi connectivity index (χ0v) is 16.8. The number of hydrogen-bond donors (Lipinski definition) is 1. The van der Waals surface area contributed by atoms with Crippen LogP contribution in [0.4, 0.5) is 5.69 Å². The van der Waals surface area contributed by atoms with Crippen molar-refractivity contribution in [3.63, 3.8) is 0 Å². The summed E-state index contributed by atoms with van der Waals surface area (Å²) in [6.45, 7) is 2.68. The first-order valence-electron chi connectivity index (χ1n) is 9.05. The number of ether oxygens (including phenoxy) is 3. The first-order valence-corrected chi connectivity index (χ1v) is 9.42. The van der Waals surface area contributed by atoms with E-state index in [1.165, 1.54) is 0 Å². The van der Waals surface area contributed by atoms with Gasteiger partial charge in [0.05, 0.1) is 19.9 Å². The number of halogens is 1. The molecule has 27 heavy (non-hydrogen) atoms. The minimum Gasteiger partial charge on any atom is -0.488 e. The summed E-state index contributed by atoms with van der Waals surface area (Å²) in [5.74, 6) is 1.85. The zero-order chi connectivity index (χ0) is 19.2. The smallest absolute Gasteiger partial charge is 0.216 e. The van der Waals surface area contributed by atoms with Crippen molar-refractivity contribution < 1.29 is 14.2 Å². The van der Waals surface area contributed by atoms with E-state index in [-0.39, 0.29) is 6.10 Å². The van der Waals surface area contributed by atoms with Crippen molar-refractivity contribution in [3.05, 3.63) is 40.9 Å². The summed E-state index contributed by atoms with van der Waals surface area (Å²) >= 11 is 6.20. The number of likely N-dealkylation sites (tertiary alicyclic amines) is 1. The van der Waals surface area contributed by atoms with Gasteiger partial charge in [-0.1, -0.05) is 11.6 Å². The Morgan fingerprint density at radius 2 is 1.78 bits per heavy atom. The van der Waals surface area contributed by atoms with Crippen LogP contribution in [0.15, 0.2) is 30.3 Å². The molecule has 6 nitrogen and oxygen atoms in total. The Labute approximate surface area is 165 Å². The van der Waals surface area contributed by atoms with Gasteiger partial charge in [-0.15, -0.1) is 0 Å². The van der Waals surface area contributed by atoms with E-state index < -0.39 is 0 Å². The number of aromatic nitrogens is 1. The molecule has 2 heterocycles. The number of anilines is 1. The Morgan fingerprint density at radius 3 is 2.41 bits per heavy atom. The monoisotopic (exact) mass is 391 g/mol. The number of hydrogen-bond acceptors (Lipinski definition) is 6. The topological polar surface area (TPSA) is 55.8 Å². The van der Waals surface area contributed by atoms with Gasteiger partial charge >= 0.3 is 0 Å². The minimum atomic E-state index is 0.226. The second-order valence-corrected chi connectivity index (χ2v) is 7.11. The quantitative estimate of drug-likeness (QED) is 0.774. The van der Waals surface area contributed by atoms with Crippen LogP contribution in [0.5, 0.6) is 17.5 Å². The molecule has 0 radical (unpaired) electrons. The highest BCUT2D eigenvalue weighted by atomic mass is 35.5. The van der Waals surface area contributed by atoms with Gasteiger partial charge in [0.1, 0.15) is 11.9 Å². The predicted molar refractivity (Wildman–Crippen MR) is 107 cm³/mol. The van der Waals surface area contributed by atoms with E-state index >= 15 is 0 Å². The maximum absolute atomic E-state index is 6.26. The van der Waals surface area contributed by atoms with Gasteiger partial charge < -0.3 is 24.4 Å². The van der Waals surface area contributed by atoms with Crippen LogP contribution in [0.2, 0.25) is 5.02 Å². The number of nitrogens with one attached hydrogen (secondary N) is 1. The number of nitrogens with zero attached hydrogens (tertiary/aromatic N) is 2. The van der Waals surface area contributed by atoms with Crippen LogP contribution in [0.3, 0.4) is 0 Å². The van der Waals surface area contributed by atoms with E-state index in [2.05, 4.69) is 22.2 Å². The molecule has 3 rings (SSSR count).